The van der Waals surface area contributed by atoms with E-state index in [0.29, 0.717) is 26.6 Å². The lowest BCUT2D eigenvalue weighted by Gasteiger charge is -2.29. The van der Waals surface area contributed by atoms with Gasteiger partial charge in [0.2, 0.25) is 0 Å². The Morgan fingerprint density at radius 1 is 1.30 bits per heavy atom. The van der Waals surface area contributed by atoms with Crippen molar-refractivity contribution < 1.29 is 47.0 Å². The number of nitrogens with zero attached hydrogens (tertiary/aromatic N) is 4. The van der Waals surface area contributed by atoms with E-state index in [1.54, 1.807) is 6.07 Å². The molecule has 5 atom stereocenters. The molecule has 3 aromatic heterocycles. The van der Waals surface area contributed by atoms with Gasteiger partial charge in [-0.1, -0.05) is 0 Å². The van der Waals surface area contributed by atoms with Gasteiger partial charge in [0.15, 0.2) is 17.7 Å². The van der Waals surface area contributed by atoms with E-state index < -0.39 is 44.0 Å². The zero-order valence-corrected chi connectivity index (χ0v) is 22.8. The monoisotopic (exact) mass is 639 g/mol. The third-order valence-electron chi connectivity index (χ3n) is 6.11. The first-order chi connectivity index (χ1) is 19.1. The number of aliphatic hydroxyl groups is 1. The normalized spacial score (nSPS) is 26.3. The molecule has 1 aromatic carbocycles. The molecule has 5 heterocycles. The molecule has 0 amide bonds. The van der Waals surface area contributed by atoms with Crippen LogP contribution in [0.4, 0.5) is 5.82 Å². The molecule has 0 spiro atoms. The molecule has 18 heteroatoms. The van der Waals surface area contributed by atoms with Gasteiger partial charge >= 0.3 is 19.4 Å². The average Bonchev–Trinajstić information content (AvgIpc) is 3.46. The minimum Gasteiger partial charge on any atom is -0.425 e. The molecule has 6 rings (SSSR count). The highest BCUT2D eigenvalue weighted by atomic mass is 79.9. The van der Waals surface area contributed by atoms with Crippen molar-refractivity contribution in [1.29, 1.82) is 0 Å². The van der Waals surface area contributed by atoms with Crippen LogP contribution in [-0.4, -0.2) is 55.5 Å². The number of hydrogen-bond acceptors (Lipinski definition) is 15. The number of nitrogen functional groups attached to an aromatic ring is 1. The second-order valence-corrected chi connectivity index (χ2v) is 11.1. The molecule has 2 aliphatic rings. The van der Waals surface area contributed by atoms with E-state index in [0.717, 1.165) is 6.07 Å². The van der Waals surface area contributed by atoms with Crippen LogP contribution in [0.1, 0.15) is 18.7 Å². The van der Waals surface area contributed by atoms with Crippen molar-refractivity contribution >= 4 is 57.7 Å². The molecule has 3 N–H and O–H groups in total. The fourth-order valence-corrected chi connectivity index (χ4v) is 6.02. The summed E-state index contributed by atoms with van der Waals surface area (Å²) < 4.78 is 46.9. The summed E-state index contributed by atoms with van der Waals surface area (Å²) in [5, 5.41) is 11.4. The van der Waals surface area contributed by atoms with Gasteiger partial charge in [0, 0.05) is 24.4 Å². The van der Waals surface area contributed by atoms with E-state index >= 15 is 0 Å². The van der Waals surface area contributed by atoms with E-state index in [1.165, 1.54) is 30.2 Å². The largest absolute Gasteiger partial charge is 0.502 e. The highest BCUT2D eigenvalue weighted by Gasteiger charge is 2.54. The van der Waals surface area contributed by atoms with Gasteiger partial charge in [-0.3, -0.25) is 18.4 Å². The minimum atomic E-state index is -4.32. The molecule has 2 aliphatic heterocycles. The summed E-state index contributed by atoms with van der Waals surface area (Å²) in [6.07, 6.45) is -1.59. The van der Waals surface area contributed by atoms with Crippen LogP contribution in [0.2, 0.25) is 0 Å². The van der Waals surface area contributed by atoms with Crippen LogP contribution in [0.3, 0.4) is 0 Å². The summed E-state index contributed by atoms with van der Waals surface area (Å²) in [7, 11) is -4.32. The topological polar surface area (TPSA) is 210 Å². The van der Waals surface area contributed by atoms with Gasteiger partial charge in [-0.15, -0.1) is 4.67 Å². The molecular formula is C22H19BrN5O11P. The maximum absolute atomic E-state index is 13.1. The summed E-state index contributed by atoms with van der Waals surface area (Å²) in [6, 6.07) is 4.08. The molecule has 4 aromatic rings. The number of hydrogen-bond donors (Lipinski definition) is 2. The molecule has 210 valence electrons. The van der Waals surface area contributed by atoms with Crippen LogP contribution < -0.4 is 16.1 Å². The second-order valence-electron chi connectivity index (χ2n) is 8.75. The number of imidazole rings is 1. The van der Waals surface area contributed by atoms with Gasteiger partial charge in [0.05, 0.1) is 17.4 Å². The van der Waals surface area contributed by atoms with Crippen molar-refractivity contribution in [2.24, 2.45) is 0 Å². The Morgan fingerprint density at radius 3 is 2.92 bits per heavy atom. The van der Waals surface area contributed by atoms with Crippen molar-refractivity contribution in [3.63, 3.8) is 0 Å². The van der Waals surface area contributed by atoms with Crippen LogP contribution in [0.5, 0.6) is 5.75 Å². The number of ether oxygens (including phenoxy) is 2. The molecule has 0 bridgehead atoms. The van der Waals surface area contributed by atoms with Crippen LogP contribution in [0, 0.1) is 0 Å². The van der Waals surface area contributed by atoms with Crippen molar-refractivity contribution in [3.8, 4) is 5.75 Å². The quantitative estimate of drug-likeness (QED) is 0.0772. The van der Waals surface area contributed by atoms with Crippen molar-refractivity contribution in [2.45, 2.75) is 38.1 Å². The number of nitrogens with two attached hydrogens (primary N) is 1. The lowest BCUT2D eigenvalue weighted by atomic mass is 10.1. The van der Waals surface area contributed by atoms with E-state index in [2.05, 4.69) is 30.9 Å². The molecule has 0 aliphatic carbocycles. The second kappa shape index (κ2) is 10.3. The van der Waals surface area contributed by atoms with Crippen molar-refractivity contribution in [2.75, 3.05) is 12.3 Å². The SMILES string of the molecule is CC(=O)Oc1cc2oc(=O)cc(COOP3(=O)OC[C@H]4O[C@@H](n5cnc6c(N)ncnc65)[C@H](O)[C@@H]4O3)c2cc1Br. The maximum atomic E-state index is 13.1. The number of fused-ring (bicyclic) bond motifs is 3. The third-order valence-corrected chi connectivity index (χ3v) is 7.99. The van der Waals surface area contributed by atoms with Crippen LogP contribution >= 0.6 is 23.8 Å². The van der Waals surface area contributed by atoms with Gasteiger partial charge < -0.3 is 24.7 Å². The predicted molar refractivity (Wildman–Crippen MR) is 135 cm³/mol. The van der Waals surface area contributed by atoms with Crippen molar-refractivity contribution in [1.82, 2.24) is 19.5 Å². The van der Waals surface area contributed by atoms with Crippen LogP contribution in [0.15, 0.2) is 44.5 Å². The highest BCUT2D eigenvalue weighted by Crippen LogP contribution is 2.57. The first-order valence-electron chi connectivity index (χ1n) is 11.6. The zero-order chi connectivity index (χ0) is 28.2. The Labute approximate surface area is 231 Å². The number of carbonyl (C=O) groups excluding carboxylic acids is 1. The van der Waals surface area contributed by atoms with Gasteiger partial charge in [0.25, 0.3) is 0 Å². The number of anilines is 1. The molecule has 16 nitrogen and oxygen atoms in total. The number of benzene rings is 1. The van der Waals surface area contributed by atoms with E-state index in [9.17, 15) is 19.3 Å². The standard InChI is InChI=1S/C22H19BrN5O11P/c1-9(29)35-14-4-13-11(3-12(14)23)10(2-16(30)36-13)5-33-39-40(32)34-6-15-19(38-40)18(31)22(37-15)28-8-27-17-20(24)25-7-26-21(17)28/h2-4,7-8,15,18-19,22,31H,5-6H2,1H3,(H2,24,25,26)/t15-,18-,19-,22-,40?/m1/s1. The lowest BCUT2D eigenvalue weighted by Crippen LogP contribution is -2.39. The Bertz CT molecular complexity index is 1750. The number of carbonyl (C=O) groups is 1. The summed E-state index contributed by atoms with van der Waals surface area (Å²) in [5.74, 6) is -0.254. The lowest BCUT2D eigenvalue weighted by molar-refractivity contribution is -0.246. The number of phosphoric ester groups is 1. The Kier molecular flexibility index (Phi) is 6.92. The van der Waals surface area contributed by atoms with Gasteiger partial charge in [-0.2, -0.15) is 0 Å². The smallest absolute Gasteiger partial charge is 0.425 e. The number of esters is 1. The fraction of sp³-hybridized carbons (Fsp3) is 0.318. The number of halogens is 1. The van der Waals surface area contributed by atoms with Gasteiger partial charge in [-0.05, 0) is 27.6 Å². The summed E-state index contributed by atoms with van der Waals surface area (Å²) in [4.78, 5) is 40.8. The van der Waals surface area contributed by atoms with Crippen molar-refractivity contribution in [3.05, 3.63) is 51.3 Å². The minimum absolute atomic E-state index is 0.113. The van der Waals surface area contributed by atoms with Crippen LogP contribution in [-0.2, 0) is 39.3 Å². The molecule has 1 unspecified atom stereocenters. The van der Waals surface area contributed by atoms with Gasteiger partial charge in [-0.25, -0.2) is 29.2 Å². The first-order valence-corrected chi connectivity index (χ1v) is 13.8. The summed E-state index contributed by atoms with van der Waals surface area (Å²) >= 11 is 3.30. The zero-order valence-electron chi connectivity index (χ0n) is 20.3. The Hall–Kier alpha value is -3.28. The maximum Gasteiger partial charge on any atom is 0.502 e. The molecule has 0 radical (unpaired) electrons. The number of aromatic nitrogens is 4. The Balaban J connectivity index is 1.16. The summed E-state index contributed by atoms with van der Waals surface area (Å²) in [5.41, 5.74) is 6.19. The average molecular weight is 640 g/mol. The van der Waals surface area contributed by atoms with E-state index in [4.69, 9.17) is 38.2 Å². The number of aliphatic hydroxyl groups excluding tert-OH is 1. The predicted octanol–water partition coefficient (Wildman–Crippen LogP) is 2.13. The highest BCUT2D eigenvalue weighted by molar-refractivity contribution is 9.10. The van der Waals surface area contributed by atoms with E-state index in [-0.39, 0.29) is 30.4 Å². The Morgan fingerprint density at radius 2 is 2.12 bits per heavy atom. The molecule has 2 fully saturated rings. The molecule has 0 saturated carbocycles. The van der Waals surface area contributed by atoms with E-state index in [1.807, 2.05) is 0 Å². The van der Waals surface area contributed by atoms with Gasteiger partial charge in [0.1, 0.15) is 48.1 Å². The van der Waals surface area contributed by atoms with Crippen LogP contribution in [0.25, 0.3) is 22.1 Å². The molecular weight excluding hydrogens is 621 g/mol. The summed E-state index contributed by atoms with van der Waals surface area (Å²) in [6.45, 7) is 0.623. The fourth-order valence-electron chi connectivity index (χ4n) is 4.39. The third kappa shape index (κ3) is 4.90. The number of phosphoric acid groups is 1. The molecule has 2 saturated heterocycles. The first kappa shape index (κ1) is 26.9. The molecule has 40 heavy (non-hydrogen) atoms. The number of rotatable bonds is 6.